The molecule has 0 aliphatic heterocycles. The molecule has 2 fully saturated rings. The van der Waals surface area contributed by atoms with Crippen LogP contribution in [0.1, 0.15) is 50.0 Å². The molecule has 0 radical (unpaired) electrons. The number of carbonyl (C=O) groups excluding carboxylic acids is 1. The van der Waals surface area contributed by atoms with Gasteiger partial charge in [0.2, 0.25) is 0 Å². The molecule has 2 unspecified atom stereocenters. The number of carbonyl (C=O) groups is 1. The van der Waals surface area contributed by atoms with Gasteiger partial charge in [-0.15, -0.1) is 0 Å². The molecule has 0 spiro atoms. The minimum atomic E-state index is -0.531. The quantitative estimate of drug-likeness (QED) is 0.845. The van der Waals surface area contributed by atoms with Crippen molar-refractivity contribution in [1.82, 2.24) is 5.32 Å². The number of hydrogen-bond acceptors (Lipinski definition) is 3. The van der Waals surface area contributed by atoms with Crippen molar-refractivity contribution in [3.05, 3.63) is 35.9 Å². The van der Waals surface area contributed by atoms with E-state index in [1.807, 2.05) is 6.07 Å². The summed E-state index contributed by atoms with van der Waals surface area (Å²) >= 11 is 0. The lowest BCUT2D eigenvalue weighted by Crippen LogP contribution is -2.58. The van der Waals surface area contributed by atoms with Crippen molar-refractivity contribution in [2.45, 2.75) is 50.0 Å². The van der Waals surface area contributed by atoms with E-state index >= 15 is 0 Å². The molecule has 1 aromatic carbocycles. The Morgan fingerprint density at radius 3 is 2.67 bits per heavy atom. The molecular formula is C18H25NO2. The van der Waals surface area contributed by atoms with Crippen molar-refractivity contribution < 1.29 is 9.53 Å². The summed E-state index contributed by atoms with van der Waals surface area (Å²) < 4.78 is 5.20. The zero-order valence-corrected chi connectivity index (χ0v) is 12.8. The molecular weight excluding hydrogens is 262 g/mol. The first-order valence-electron chi connectivity index (χ1n) is 8.14. The van der Waals surface area contributed by atoms with E-state index < -0.39 is 5.54 Å². The zero-order chi connectivity index (χ0) is 14.7. The number of methoxy groups -OCH3 is 1. The van der Waals surface area contributed by atoms with Gasteiger partial charge in [0.25, 0.3) is 0 Å². The Balaban J connectivity index is 1.90. The van der Waals surface area contributed by atoms with Crippen molar-refractivity contribution in [2.75, 3.05) is 13.7 Å². The van der Waals surface area contributed by atoms with E-state index in [2.05, 4.69) is 29.6 Å². The first-order chi connectivity index (χ1) is 10.3. The molecule has 0 heterocycles. The smallest absolute Gasteiger partial charge is 0.326 e. The number of hydrogen-bond donors (Lipinski definition) is 1. The summed E-state index contributed by atoms with van der Waals surface area (Å²) in [5.41, 5.74) is 0.725. The van der Waals surface area contributed by atoms with Gasteiger partial charge in [-0.05, 0) is 43.7 Å². The predicted molar refractivity (Wildman–Crippen MR) is 83.1 cm³/mol. The minimum absolute atomic E-state index is 0.0864. The van der Waals surface area contributed by atoms with Crippen molar-refractivity contribution in [3.63, 3.8) is 0 Å². The van der Waals surface area contributed by atoms with Crippen LogP contribution in [0.15, 0.2) is 30.3 Å². The van der Waals surface area contributed by atoms with E-state index in [4.69, 9.17) is 4.74 Å². The minimum Gasteiger partial charge on any atom is -0.468 e. The number of rotatable bonds is 5. The number of benzene rings is 1. The van der Waals surface area contributed by atoms with E-state index in [1.54, 1.807) is 0 Å². The first kappa shape index (κ1) is 14.6. The van der Waals surface area contributed by atoms with Crippen LogP contribution in [0.4, 0.5) is 0 Å². The second-order valence-corrected chi connectivity index (χ2v) is 6.50. The fraction of sp³-hybridized carbons (Fsp3) is 0.611. The second-order valence-electron chi connectivity index (χ2n) is 6.50. The van der Waals surface area contributed by atoms with Crippen LogP contribution < -0.4 is 5.32 Å². The average molecular weight is 287 g/mol. The molecule has 114 valence electrons. The van der Waals surface area contributed by atoms with Crippen LogP contribution in [0.2, 0.25) is 0 Å². The Bertz CT molecular complexity index is 483. The molecule has 3 heteroatoms. The molecule has 1 aromatic rings. The molecule has 2 saturated carbocycles. The summed E-state index contributed by atoms with van der Waals surface area (Å²) in [5.74, 6) is 0.889. The Morgan fingerprint density at radius 2 is 2.00 bits per heavy atom. The molecule has 0 saturated heterocycles. The molecule has 2 aliphatic rings. The van der Waals surface area contributed by atoms with Gasteiger partial charge in [0.05, 0.1) is 7.11 Å². The molecule has 21 heavy (non-hydrogen) atoms. The third-order valence-corrected chi connectivity index (χ3v) is 5.06. The number of ether oxygens (including phenoxy) is 1. The molecule has 2 aliphatic carbocycles. The van der Waals surface area contributed by atoms with E-state index in [1.165, 1.54) is 31.9 Å². The monoisotopic (exact) mass is 287 g/mol. The topological polar surface area (TPSA) is 38.3 Å². The Labute approximate surface area is 127 Å². The number of nitrogens with one attached hydrogen (secondary N) is 1. The third-order valence-electron chi connectivity index (χ3n) is 5.06. The van der Waals surface area contributed by atoms with Crippen LogP contribution in [-0.2, 0) is 9.53 Å². The number of esters is 1. The molecule has 1 N–H and O–H groups in total. The van der Waals surface area contributed by atoms with Crippen LogP contribution in [0.5, 0.6) is 0 Å². The van der Waals surface area contributed by atoms with E-state index in [0.29, 0.717) is 0 Å². The Kier molecular flexibility index (Phi) is 4.29. The highest BCUT2D eigenvalue weighted by Gasteiger charge is 2.48. The third kappa shape index (κ3) is 2.98. The lowest BCUT2D eigenvalue weighted by Gasteiger charge is -2.43. The predicted octanol–water partition coefficient (Wildman–Crippen LogP) is 3.26. The fourth-order valence-electron chi connectivity index (χ4n) is 3.67. The molecule has 2 atom stereocenters. The van der Waals surface area contributed by atoms with Gasteiger partial charge in [0, 0.05) is 5.92 Å². The molecule has 3 nitrogen and oxygen atoms in total. The van der Waals surface area contributed by atoms with E-state index in [9.17, 15) is 4.79 Å². The molecule has 3 rings (SSSR count). The lowest BCUT2D eigenvalue weighted by molar-refractivity contribution is -0.151. The van der Waals surface area contributed by atoms with Crippen LogP contribution in [0, 0.1) is 5.92 Å². The van der Waals surface area contributed by atoms with Gasteiger partial charge in [0.15, 0.2) is 0 Å². The summed E-state index contributed by atoms with van der Waals surface area (Å²) in [7, 11) is 1.51. The summed E-state index contributed by atoms with van der Waals surface area (Å²) in [4.78, 5) is 12.6. The van der Waals surface area contributed by atoms with Gasteiger partial charge in [-0.1, -0.05) is 43.2 Å². The van der Waals surface area contributed by atoms with Crippen LogP contribution in [0.25, 0.3) is 0 Å². The second kappa shape index (κ2) is 6.18. The van der Waals surface area contributed by atoms with Gasteiger partial charge < -0.3 is 10.1 Å². The summed E-state index contributed by atoms with van der Waals surface area (Å²) in [6, 6.07) is 10.4. The van der Waals surface area contributed by atoms with Gasteiger partial charge in [-0.2, -0.15) is 0 Å². The van der Waals surface area contributed by atoms with Gasteiger partial charge in [-0.3, -0.25) is 4.79 Å². The largest absolute Gasteiger partial charge is 0.468 e. The summed E-state index contributed by atoms with van der Waals surface area (Å²) in [6.45, 7) is 0.943. The standard InChI is InChI=1S/C18H25NO2/c1-21-17(20)18(19-13-14-10-11-14)12-6-5-9-16(18)15-7-3-2-4-8-15/h2-4,7-8,14,16,19H,5-6,9-13H2,1H3. The zero-order valence-electron chi connectivity index (χ0n) is 12.8. The lowest BCUT2D eigenvalue weighted by atomic mass is 9.69. The van der Waals surface area contributed by atoms with Gasteiger partial charge in [-0.25, -0.2) is 0 Å². The van der Waals surface area contributed by atoms with Gasteiger partial charge in [0.1, 0.15) is 5.54 Å². The van der Waals surface area contributed by atoms with Crippen LogP contribution >= 0.6 is 0 Å². The summed E-state index contributed by atoms with van der Waals surface area (Å²) in [6.07, 6.45) is 6.79. The molecule has 0 amide bonds. The fourth-order valence-corrected chi connectivity index (χ4v) is 3.67. The van der Waals surface area contributed by atoms with Gasteiger partial charge >= 0.3 is 5.97 Å². The van der Waals surface area contributed by atoms with Crippen molar-refractivity contribution in [3.8, 4) is 0 Å². The Hall–Kier alpha value is -1.35. The van der Waals surface area contributed by atoms with Crippen molar-refractivity contribution >= 4 is 5.97 Å². The SMILES string of the molecule is COC(=O)C1(NCC2CC2)CCCCC1c1ccccc1. The molecule has 0 aromatic heterocycles. The van der Waals surface area contributed by atoms with Crippen LogP contribution in [-0.4, -0.2) is 25.2 Å². The highest BCUT2D eigenvalue weighted by atomic mass is 16.5. The maximum atomic E-state index is 12.6. The summed E-state index contributed by atoms with van der Waals surface area (Å²) in [5, 5.41) is 3.62. The highest BCUT2D eigenvalue weighted by Crippen LogP contribution is 2.42. The Morgan fingerprint density at radius 1 is 1.24 bits per heavy atom. The van der Waals surface area contributed by atoms with E-state index in [0.717, 1.165) is 31.7 Å². The first-order valence-corrected chi connectivity index (χ1v) is 8.14. The highest BCUT2D eigenvalue weighted by molar-refractivity contribution is 5.82. The van der Waals surface area contributed by atoms with E-state index in [-0.39, 0.29) is 11.9 Å². The maximum Gasteiger partial charge on any atom is 0.326 e. The van der Waals surface area contributed by atoms with Crippen molar-refractivity contribution in [1.29, 1.82) is 0 Å². The maximum absolute atomic E-state index is 12.6. The normalized spacial score (nSPS) is 29.1. The molecule has 0 bridgehead atoms. The van der Waals surface area contributed by atoms with Crippen LogP contribution in [0.3, 0.4) is 0 Å². The van der Waals surface area contributed by atoms with Crippen molar-refractivity contribution in [2.24, 2.45) is 5.92 Å². The average Bonchev–Trinajstić information content (AvgIpc) is 3.37.